The first kappa shape index (κ1) is 18.4. The summed E-state index contributed by atoms with van der Waals surface area (Å²) in [5, 5.41) is 6.97. The fourth-order valence-corrected chi connectivity index (χ4v) is 4.12. The summed E-state index contributed by atoms with van der Waals surface area (Å²) in [4.78, 5) is 4.89. The number of nitrogens with zero attached hydrogens (tertiary/aromatic N) is 1. The van der Waals surface area contributed by atoms with Crippen molar-refractivity contribution < 1.29 is 14.2 Å². The third-order valence-corrected chi connectivity index (χ3v) is 5.73. The molecule has 3 unspecified atom stereocenters. The lowest BCUT2D eigenvalue weighted by atomic mass is 9.84. The summed E-state index contributed by atoms with van der Waals surface area (Å²) in [6, 6.07) is 6.59. The van der Waals surface area contributed by atoms with Gasteiger partial charge in [0.1, 0.15) is 13.2 Å². The van der Waals surface area contributed by atoms with E-state index in [0.717, 1.165) is 36.8 Å². The Morgan fingerprint density at radius 2 is 2.00 bits per heavy atom. The monoisotopic (exact) mass is 373 g/mol. The van der Waals surface area contributed by atoms with E-state index in [-0.39, 0.29) is 5.41 Å². The summed E-state index contributed by atoms with van der Waals surface area (Å²) >= 11 is 0. The number of ether oxygens (including phenoxy) is 3. The van der Waals surface area contributed by atoms with Gasteiger partial charge in [0.2, 0.25) is 0 Å². The quantitative estimate of drug-likeness (QED) is 0.614. The average Bonchev–Trinajstić information content (AvgIpc) is 3.29. The largest absolute Gasteiger partial charge is 0.486 e. The first-order chi connectivity index (χ1) is 13.0. The lowest BCUT2D eigenvalue weighted by Gasteiger charge is -2.27. The van der Waals surface area contributed by atoms with Crippen LogP contribution in [0, 0.1) is 0 Å². The third kappa shape index (κ3) is 4.00. The molecule has 27 heavy (non-hydrogen) atoms. The first-order valence-electron chi connectivity index (χ1n) is 10.2. The molecule has 0 amide bonds. The van der Waals surface area contributed by atoms with Crippen molar-refractivity contribution in [3.8, 4) is 11.5 Å². The van der Waals surface area contributed by atoms with Crippen molar-refractivity contribution in [1.82, 2.24) is 10.6 Å². The SMILES string of the molecule is CCNC(=NCC(C)(C)c1ccc2c(c1)OCCO2)NC1CC2CCC1O2. The number of hydrogen-bond acceptors (Lipinski definition) is 4. The maximum absolute atomic E-state index is 5.96. The molecule has 0 aromatic heterocycles. The van der Waals surface area contributed by atoms with Gasteiger partial charge in [-0.1, -0.05) is 19.9 Å². The Morgan fingerprint density at radius 3 is 2.70 bits per heavy atom. The van der Waals surface area contributed by atoms with Crippen LogP contribution in [0.15, 0.2) is 23.2 Å². The van der Waals surface area contributed by atoms with Crippen LogP contribution in [-0.2, 0) is 10.2 Å². The van der Waals surface area contributed by atoms with Crippen LogP contribution in [-0.4, -0.2) is 50.5 Å². The number of rotatable bonds is 5. The fraction of sp³-hybridized carbons (Fsp3) is 0.667. The molecule has 3 heterocycles. The van der Waals surface area contributed by atoms with E-state index in [2.05, 4.69) is 43.5 Å². The molecule has 0 spiro atoms. The molecule has 2 N–H and O–H groups in total. The Balaban J connectivity index is 1.44. The zero-order valence-corrected chi connectivity index (χ0v) is 16.6. The molecule has 1 aromatic carbocycles. The van der Waals surface area contributed by atoms with Crippen molar-refractivity contribution >= 4 is 5.96 Å². The highest BCUT2D eigenvalue weighted by Crippen LogP contribution is 2.36. The summed E-state index contributed by atoms with van der Waals surface area (Å²) in [5.41, 5.74) is 1.10. The zero-order valence-electron chi connectivity index (χ0n) is 16.6. The van der Waals surface area contributed by atoms with E-state index in [1.807, 2.05) is 6.07 Å². The normalized spacial score (nSPS) is 26.9. The number of aliphatic imine (C=N–C) groups is 1. The number of fused-ring (bicyclic) bond motifs is 3. The Labute approximate surface area is 161 Å². The lowest BCUT2D eigenvalue weighted by molar-refractivity contribution is 0.0992. The summed E-state index contributed by atoms with van der Waals surface area (Å²) in [6.45, 7) is 9.28. The standard InChI is InChI=1S/C21H31N3O3/c1-4-22-20(24-16-12-15-6-8-17(16)27-15)23-13-21(2,3)14-5-7-18-19(11-14)26-10-9-25-18/h5,7,11,15-17H,4,6,8-10,12-13H2,1-3H3,(H2,22,23,24). The van der Waals surface area contributed by atoms with E-state index >= 15 is 0 Å². The predicted molar refractivity (Wildman–Crippen MR) is 106 cm³/mol. The maximum Gasteiger partial charge on any atom is 0.191 e. The smallest absolute Gasteiger partial charge is 0.191 e. The van der Waals surface area contributed by atoms with Crippen molar-refractivity contribution in [3.63, 3.8) is 0 Å². The molecule has 0 saturated carbocycles. The molecule has 1 aromatic rings. The fourth-order valence-electron chi connectivity index (χ4n) is 4.12. The van der Waals surface area contributed by atoms with Gasteiger partial charge >= 0.3 is 0 Å². The van der Waals surface area contributed by atoms with E-state index in [0.29, 0.717) is 38.0 Å². The van der Waals surface area contributed by atoms with Crippen LogP contribution >= 0.6 is 0 Å². The highest BCUT2D eigenvalue weighted by atomic mass is 16.6. The van der Waals surface area contributed by atoms with Crippen LogP contribution in [0.1, 0.15) is 45.6 Å². The summed E-state index contributed by atoms with van der Waals surface area (Å²) in [6.07, 6.45) is 4.22. The van der Waals surface area contributed by atoms with Crippen molar-refractivity contribution in [3.05, 3.63) is 23.8 Å². The van der Waals surface area contributed by atoms with E-state index in [9.17, 15) is 0 Å². The van der Waals surface area contributed by atoms with Gasteiger partial charge in [-0.05, 0) is 43.9 Å². The molecule has 3 aliphatic heterocycles. The minimum atomic E-state index is -0.108. The van der Waals surface area contributed by atoms with Crippen LogP contribution < -0.4 is 20.1 Å². The van der Waals surface area contributed by atoms with Crippen LogP contribution in [0.2, 0.25) is 0 Å². The van der Waals surface area contributed by atoms with Crippen LogP contribution in [0.4, 0.5) is 0 Å². The van der Waals surface area contributed by atoms with Crippen LogP contribution in [0.25, 0.3) is 0 Å². The molecular weight excluding hydrogens is 342 g/mol. The van der Waals surface area contributed by atoms with Gasteiger partial charge in [-0.15, -0.1) is 0 Å². The van der Waals surface area contributed by atoms with Gasteiger partial charge in [-0.3, -0.25) is 4.99 Å². The molecule has 3 atom stereocenters. The molecule has 2 bridgehead atoms. The molecule has 0 radical (unpaired) electrons. The van der Waals surface area contributed by atoms with Gasteiger partial charge < -0.3 is 24.8 Å². The molecule has 2 fully saturated rings. The minimum Gasteiger partial charge on any atom is -0.486 e. The molecule has 2 saturated heterocycles. The third-order valence-electron chi connectivity index (χ3n) is 5.73. The molecule has 6 nitrogen and oxygen atoms in total. The lowest BCUT2D eigenvalue weighted by Crippen LogP contribution is -2.47. The average molecular weight is 373 g/mol. The van der Waals surface area contributed by atoms with Gasteiger partial charge in [0.25, 0.3) is 0 Å². The van der Waals surface area contributed by atoms with E-state index in [1.54, 1.807) is 0 Å². The summed E-state index contributed by atoms with van der Waals surface area (Å²) in [7, 11) is 0. The summed E-state index contributed by atoms with van der Waals surface area (Å²) < 4.78 is 17.3. The molecule has 6 heteroatoms. The van der Waals surface area contributed by atoms with Crippen molar-refractivity contribution in [2.24, 2.45) is 4.99 Å². The van der Waals surface area contributed by atoms with E-state index < -0.39 is 0 Å². The van der Waals surface area contributed by atoms with Crippen molar-refractivity contribution in [1.29, 1.82) is 0 Å². The second-order valence-corrected chi connectivity index (χ2v) is 8.30. The molecular formula is C21H31N3O3. The molecule has 4 rings (SSSR count). The Morgan fingerprint density at radius 1 is 1.19 bits per heavy atom. The van der Waals surface area contributed by atoms with Gasteiger partial charge in [-0.25, -0.2) is 0 Å². The first-order valence-corrected chi connectivity index (χ1v) is 10.2. The maximum atomic E-state index is 5.96. The van der Waals surface area contributed by atoms with Crippen molar-refractivity contribution in [2.45, 2.75) is 63.7 Å². The minimum absolute atomic E-state index is 0.108. The van der Waals surface area contributed by atoms with E-state index in [4.69, 9.17) is 19.2 Å². The van der Waals surface area contributed by atoms with Crippen LogP contribution in [0.5, 0.6) is 11.5 Å². The van der Waals surface area contributed by atoms with E-state index in [1.165, 1.54) is 12.0 Å². The highest BCUT2D eigenvalue weighted by molar-refractivity contribution is 5.80. The van der Waals surface area contributed by atoms with Crippen molar-refractivity contribution in [2.75, 3.05) is 26.3 Å². The van der Waals surface area contributed by atoms with Gasteiger partial charge in [-0.2, -0.15) is 0 Å². The molecule has 3 aliphatic rings. The number of benzene rings is 1. The predicted octanol–water partition coefficient (Wildman–Crippen LogP) is 2.61. The number of hydrogen-bond donors (Lipinski definition) is 2. The Bertz CT molecular complexity index is 704. The van der Waals surface area contributed by atoms with Gasteiger partial charge in [0.05, 0.1) is 24.8 Å². The topological polar surface area (TPSA) is 64.1 Å². The number of guanidine groups is 1. The second-order valence-electron chi connectivity index (χ2n) is 8.30. The number of nitrogens with one attached hydrogen (secondary N) is 2. The summed E-state index contributed by atoms with van der Waals surface area (Å²) in [5.74, 6) is 2.54. The molecule has 0 aliphatic carbocycles. The second kappa shape index (κ2) is 7.58. The Kier molecular flexibility index (Phi) is 5.17. The highest BCUT2D eigenvalue weighted by Gasteiger charge is 2.41. The Hall–Kier alpha value is -1.95. The zero-order chi connectivity index (χ0) is 18.9. The van der Waals surface area contributed by atoms with Crippen LogP contribution in [0.3, 0.4) is 0 Å². The molecule has 148 valence electrons. The van der Waals surface area contributed by atoms with Gasteiger partial charge in [0, 0.05) is 12.0 Å². The van der Waals surface area contributed by atoms with Gasteiger partial charge in [0.15, 0.2) is 17.5 Å².